The Morgan fingerprint density at radius 1 is 1.38 bits per heavy atom. The molecular formula is C10H11F2NO2S. The summed E-state index contributed by atoms with van der Waals surface area (Å²) in [5, 5.41) is 1.86. The van der Waals surface area contributed by atoms with Gasteiger partial charge in [0.05, 0.1) is 0 Å². The molecule has 1 unspecified atom stereocenters. The Morgan fingerprint density at radius 3 is 2.31 bits per heavy atom. The van der Waals surface area contributed by atoms with Crippen LogP contribution in [0.25, 0.3) is 0 Å². The number of nitrogens with one attached hydrogen (secondary N) is 1. The van der Waals surface area contributed by atoms with E-state index in [2.05, 4.69) is 11.9 Å². The molecule has 88 valence electrons. The summed E-state index contributed by atoms with van der Waals surface area (Å²) in [6.45, 7) is 4.41. The van der Waals surface area contributed by atoms with Gasteiger partial charge in [0.2, 0.25) is 0 Å². The van der Waals surface area contributed by atoms with Crippen molar-refractivity contribution in [2.45, 2.75) is 12.3 Å². The quantitative estimate of drug-likeness (QED) is 0.887. The van der Waals surface area contributed by atoms with Crippen LogP contribution in [0.1, 0.15) is 6.92 Å². The second kappa shape index (κ2) is 4.61. The topological polar surface area (TPSA) is 46.2 Å². The molecule has 1 atom stereocenters. The Balaban J connectivity index is 3.02. The first-order valence-corrected chi connectivity index (χ1v) is 6.06. The first-order chi connectivity index (χ1) is 7.38. The molecule has 1 rings (SSSR count). The smallest absolute Gasteiger partial charge is 0.191 e. The van der Waals surface area contributed by atoms with Crippen molar-refractivity contribution in [3.05, 3.63) is 41.8 Å². The molecule has 0 aliphatic heterocycles. The number of sulfone groups is 1. The predicted octanol–water partition coefficient (Wildman–Crippen LogP) is 2.28. The van der Waals surface area contributed by atoms with Crippen LogP contribution < -0.4 is 5.32 Å². The molecule has 1 aromatic rings. The summed E-state index contributed by atoms with van der Waals surface area (Å²) >= 11 is 0. The molecule has 0 aliphatic rings. The fourth-order valence-corrected chi connectivity index (χ4v) is 1.64. The van der Waals surface area contributed by atoms with Crippen LogP contribution in [-0.4, -0.2) is 13.8 Å². The standard InChI is InChI=1S/C10H11F2NO2S/c1-3-16(14,15)7(2)13-10-8(11)5-4-6-9(10)12/h3-7,13H,1H2,2H3. The van der Waals surface area contributed by atoms with Gasteiger partial charge in [-0.15, -0.1) is 0 Å². The third-order valence-corrected chi connectivity index (χ3v) is 3.60. The molecule has 0 heterocycles. The highest BCUT2D eigenvalue weighted by Gasteiger charge is 2.19. The van der Waals surface area contributed by atoms with Crippen molar-refractivity contribution >= 4 is 15.5 Å². The van der Waals surface area contributed by atoms with Crippen molar-refractivity contribution < 1.29 is 17.2 Å². The highest BCUT2D eigenvalue weighted by atomic mass is 32.2. The highest BCUT2D eigenvalue weighted by molar-refractivity contribution is 7.94. The van der Waals surface area contributed by atoms with E-state index < -0.39 is 32.5 Å². The molecule has 0 saturated carbocycles. The van der Waals surface area contributed by atoms with Crippen molar-refractivity contribution in [2.24, 2.45) is 0 Å². The predicted molar refractivity (Wildman–Crippen MR) is 58.6 cm³/mol. The maximum atomic E-state index is 13.2. The third kappa shape index (κ3) is 2.57. The Labute approximate surface area is 92.7 Å². The van der Waals surface area contributed by atoms with Gasteiger partial charge in [-0.05, 0) is 19.1 Å². The monoisotopic (exact) mass is 247 g/mol. The lowest BCUT2D eigenvalue weighted by Gasteiger charge is -2.14. The number of hydrogen-bond donors (Lipinski definition) is 1. The first-order valence-electron chi connectivity index (χ1n) is 4.45. The van der Waals surface area contributed by atoms with Crippen LogP contribution in [0.15, 0.2) is 30.2 Å². The van der Waals surface area contributed by atoms with Gasteiger partial charge >= 0.3 is 0 Å². The molecule has 6 heteroatoms. The minimum absolute atomic E-state index is 0.458. The van der Waals surface area contributed by atoms with E-state index in [-0.39, 0.29) is 0 Å². The van der Waals surface area contributed by atoms with Crippen LogP contribution in [0.2, 0.25) is 0 Å². The van der Waals surface area contributed by atoms with Crippen molar-refractivity contribution in [1.82, 2.24) is 0 Å². The zero-order valence-corrected chi connectivity index (χ0v) is 9.39. The van der Waals surface area contributed by atoms with E-state index in [4.69, 9.17) is 0 Å². The van der Waals surface area contributed by atoms with Crippen molar-refractivity contribution in [1.29, 1.82) is 0 Å². The van der Waals surface area contributed by atoms with E-state index in [9.17, 15) is 17.2 Å². The number of anilines is 1. The van der Waals surface area contributed by atoms with Gasteiger partial charge in [-0.25, -0.2) is 17.2 Å². The summed E-state index contributed by atoms with van der Waals surface area (Å²) in [4.78, 5) is 0. The summed E-state index contributed by atoms with van der Waals surface area (Å²) < 4.78 is 49.0. The first kappa shape index (κ1) is 12.6. The van der Waals surface area contributed by atoms with Gasteiger partial charge in [0, 0.05) is 5.41 Å². The minimum Gasteiger partial charge on any atom is -0.364 e. The summed E-state index contributed by atoms with van der Waals surface area (Å²) in [6.07, 6.45) is 0. The van der Waals surface area contributed by atoms with E-state index >= 15 is 0 Å². The largest absolute Gasteiger partial charge is 0.364 e. The molecule has 0 fully saturated rings. The highest BCUT2D eigenvalue weighted by Crippen LogP contribution is 2.20. The maximum Gasteiger partial charge on any atom is 0.191 e. The van der Waals surface area contributed by atoms with Crippen LogP contribution in [0.5, 0.6) is 0 Å². The fraction of sp³-hybridized carbons (Fsp3) is 0.200. The Hall–Kier alpha value is -1.43. The lowest BCUT2D eigenvalue weighted by Crippen LogP contribution is -2.25. The number of benzene rings is 1. The number of rotatable bonds is 4. The van der Waals surface area contributed by atoms with E-state index in [0.29, 0.717) is 0 Å². The molecule has 1 N–H and O–H groups in total. The van der Waals surface area contributed by atoms with E-state index in [0.717, 1.165) is 17.5 Å². The molecule has 3 nitrogen and oxygen atoms in total. The minimum atomic E-state index is -3.61. The van der Waals surface area contributed by atoms with E-state index in [1.807, 2.05) is 0 Å². The zero-order valence-electron chi connectivity index (χ0n) is 8.57. The van der Waals surface area contributed by atoms with Crippen LogP contribution >= 0.6 is 0 Å². The summed E-state index contributed by atoms with van der Waals surface area (Å²) in [5.74, 6) is -1.68. The van der Waals surface area contributed by atoms with Crippen LogP contribution in [0, 0.1) is 11.6 Å². The van der Waals surface area contributed by atoms with Gasteiger partial charge in [-0.2, -0.15) is 0 Å². The molecule has 0 bridgehead atoms. The molecule has 0 aromatic heterocycles. The SMILES string of the molecule is C=CS(=O)(=O)C(C)Nc1c(F)cccc1F. The average Bonchev–Trinajstić information content (AvgIpc) is 2.23. The molecule has 1 aromatic carbocycles. The van der Waals surface area contributed by atoms with Gasteiger partial charge in [0.25, 0.3) is 0 Å². The molecule has 16 heavy (non-hydrogen) atoms. The van der Waals surface area contributed by atoms with Gasteiger partial charge < -0.3 is 5.32 Å². The fourth-order valence-electron chi connectivity index (χ4n) is 1.07. The summed E-state index contributed by atoms with van der Waals surface area (Å²) in [5.41, 5.74) is -0.458. The van der Waals surface area contributed by atoms with Gasteiger partial charge in [0.1, 0.15) is 22.7 Å². The van der Waals surface area contributed by atoms with E-state index in [1.54, 1.807) is 0 Å². The molecule has 0 amide bonds. The normalized spacial score (nSPS) is 13.2. The van der Waals surface area contributed by atoms with Crippen molar-refractivity contribution in [3.63, 3.8) is 0 Å². The number of hydrogen-bond acceptors (Lipinski definition) is 3. The molecule has 0 saturated heterocycles. The molecular weight excluding hydrogens is 236 g/mol. The maximum absolute atomic E-state index is 13.2. The second-order valence-corrected chi connectivity index (χ2v) is 5.36. The van der Waals surface area contributed by atoms with Crippen LogP contribution in [-0.2, 0) is 9.84 Å². The van der Waals surface area contributed by atoms with Gasteiger partial charge in [0.15, 0.2) is 9.84 Å². The summed E-state index contributed by atoms with van der Waals surface area (Å²) in [6, 6.07) is 3.28. The second-order valence-electron chi connectivity index (χ2n) is 3.14. The van der Waals surface area contributed by atoms with Crippen LogP contribution in [0.3, 0.4) is 0 Å². The lowest BCUT2D eigenvalue weighted by atomic mass is 10.3. The summed E-state index contributed by atoms with van der Waals surface area (Å²) in [7, 11) is -3.61. The molecule has 0 radical (unpaired) electrons. The van der Waals surface area contributed by atoms with Crippen LogP contribution in [0.4, 0.5) is 14.5 Å². The van der Waals surface area contributed by atoms with Gasteiger partial charge in [-0.3, -0.25) is 0 Å². The van der Waals surface area contributed by atoms with Crippen molar-refractivity contribution in [3.8, 4) is 0 Å². The number of halogens is 2. The van der Waals surface area contributed by atoms with Gasteiger partial charge in [-0.1, -0.05) is 12.6 Å². The molecule has 0 spiro atoms. The Morgan fingerprint density at radius 2 is 1.88 bits per heavy atom. The molecule has 0 aliphatic carbocycles. The van der Waals surface area contributed by atoms with Crippen molar-refractivity contribution in [2.75, 3.05) is 5.32 Å². The zero-order chi connectivity index (χ0) is 12.3. The third-order valence-electron chi connectivity index (χ3n) is 2.04. The average molecular weight is 247 g/mol. The lowest BCUT2D eigenvalue weighted by molar-refractivity contribution is 0.582. The Bertz CT molecular complexity index is 479. The Kier molecular flexibility index (Phi) is 3.64. The number of para-hydroxylation sites is 1. The van der Waals surface area contributed by atoms with E-state index in [1.165, 1.54) is 13.0 Å².